The highest BCUT2D eigenvalue weighted by molar-refractivity contribution is 7.99. The van der Waals surface area contributed by atoms with Crippen molar-refractivity contribution in [2.75, 3.05) is 5.75 Å². The third-order valence-corrected chi connectivity index (χ3v) is 4.12. The summed E-state index contributed by atoms with van der Waals surface area (Å²) in [7, 11) is 0. The molecule has 0 aromatic heterocycles. The van der Waals surface area contributed by atoms with E-state index in [0.717, 1.165) is 4.90 Å². The van der Waals surface area contributed by atoms with Crippen molar-refractivity contribution >= 4 is 23.4 Å². The van der Waals surface area contributed by atoms with E-state index in [0.29, 0.717) is 16.3 Å². The summed E-state index contributed by atoms with van der Waals surface area (Å²) >= 11 is 7.07. The van der Waals surface area contributed by atoms with Gasteiger partial charge in [0.15, 0.2) is 0 Å². The average Bonchev–Trinajstić information content (AvgIpc) is 2.41. The number of hydrogen-bond acceptors (Lipinski definition) is 2. The molecule has 1 nitrogen and oxygen atoms in total. The fourth-order valence-electron chi connectivity index (χ4n) is 1.72. The van der Waals surface area contributed by atoms with Crippen molar-refractivity contribution in [3.63, 3.8) is 0 Å². The van der Waals surface area contributed by atoms with Crippen LogP contribution in [0.5, 0.6) is 0 Å². The van der Waals surface area contributed by atoms with Crippen molar-refractivity contribution in [3.8, 4) is 0 Å². The fraction of sp³-hybridized carbons (Fsp3) is 0.200. The van der Waals surface area contributed by atoms with Crippen LogP contribution in [0.2, 0.25) is 5.02 Å². The smallest absolute Gasteiger partial charge is 0.127 e. The molecule has 0 radical (unpaired) electrons. The second kappa shape index (κ2) is 7.07. The number of halogens is 3. The molecule has 0 amide bonds. The van der Waals surface area contributed by atoms with E-state index in [1.54, 1.807) is 24.3 Å². The van der Waals surface area contributed by atoms with Gasteiger partial charge in [0.2, 0.25) is 0 Å². The molecule has 0 heterocycles. The lowest BCUT2D eigenvalue weighted by molar-refractivity contribution is 0.198. The largest absolute Gasteiger partial charge is 0.392 e. The summed E-state index contributed by atoms with van der Waals surface area (Å²) in [6.07, 6.45) is -0.460. The Morgan fingerprint density at radius 2 is 1.80 bits per heavy atom. The van der Waals surface area contributed by atoms with Crippen LogP contribution in [0, 0.1) is 11.6 Å². The molecule has 0 aliphatic rings. The van der Waals surface area contributed by atoms with Gasteiger partial charge < -0.3 is 5.11 Å². The van der Waals surface area contributed by atoms with Gasteiger partial charge in [0.1, 0.15) is 11.6 Å². The number of rotatable bonds is 5. The molecule has 0 saturated carbocycles. The highest BCUT2D eigenvalue weighted by atomic mass is 35.5. The Labute approximate surface area is 125 Å². The maximum Gasteiger partial charge on any atom is 0.127 e. The number of hydrogen-bond donors (Lipinski definition) is 1. The van der Waals surface area contributed by atoms with Crippen LogP contribution in [0.25, 0.3) is 0 Å². The summed E-state index contributed by atoms with van der Waals surface area (Å²) < 4.78 is 26.3. The molecular formula is C15H13ClF2OS. The van der Waals surface area contributed by atoms with Gasteiger partial charge in [0.05, 0.1) is 6.10 Å². The lowest BCUT2D eigenvalue weighted by Gasteiger charge is -2.11. The third-order valence-electron chi connectivity index (χ3n) is 2.73. The van der Waals surface area contributed by atoms with E-state index >= 15 is 0 Å². The van der Waals surface area contributed by atoms with Crippen LogP contribution in [-0.2, 0) is 6.42 Å². The monoisotopic (exact) mass is 314 g/mol. The Balaban J connectivity index is 1.89. The van der Waals surface area contributed by atoms with Gasteiger partial charge in [-0.2, -0.15) is 0 Å². The first-order chi connectivity index (χ1) is 9.54. The van der Waals surface area contributed by atoms with Crippen LogP contribution < -0.4 is 0 Å². The molecule has 1 atom stereocenters. The summed E-state index contributed by atoms with van der Waals surface area (Å²) in [5, 5.41) is 10.3. The molecule has 0 aliphatic heterocycles. The van der Waals surface area contributed by atoms with Crippen LogP contribution in [0.15, 0.2) is 47.4 Å². The average molecular weight is 315 g/mol. The van der Waals surface area contributed by atoms with Gasteiger partial charge in [-0.25, -0.2) is 8.78 Å². The number of aliphatic hydroxyl groups is 1. The van der Waals surface area contributed by atoms with Gasteiger partial charge in [-0.1, -0.05) is 17.7 Å². The zero-order valence-electron chi connectivity index (χ0n) is 10.5. The number of aliphatic hydroxyl groups excluding tert-OH is 1. The van der Waals surface area contributed by atoms with Crippen molar-refractivity contribution < 1.29 is 13.9 Å². The molecular weight excluding hydrogens is 302 g/mol. The van der Waals surface area contributed by atoms with E-state index in [4.69, 9.17) is 11.6 Å². The Morgan fingerprint density at radius 3 is 2.45 bits per heavy atom. The normalized spacial score (nSPS) is 12.4. The van der Waals surface area contributed by atoms with Crippen LogP contribution in [-0.4, -0.2) is 17.0 Å². The van der Waals surface area contributed by atoms with Crippen LogP contribution in [0.4, 0.5) is 8.78 Å². The number of benzene rings is 2. The Morgan fingerprint density at radius 1 is 1.10 bits per heavy atom. The fourth-order valence-corrected chi connectivity index (χ4v) is 2.71. The summed E-state index contributed by atoms with van der Waals surface area (Å²) in [6, 6.07) is 10.4. The molecule has 5 heteroatoms. The van der Waals surface area contributed by atoms with Crippen molar-refractivity contribution in [2.45, 2.75) is 17.4 Å². The first-order valence-corrected chi connectivity index (χ1v) is 7.41. The first kappa shape index (κ1) is 15.3. The molecule has 106 valence electrons. The van der Waals surface area contributed by atoms with Gasteiger partial charge in [-0.05, 0) is 42.0 Å². The lowest BCUT2D eigenvalue weighted by atomic mass is 10.1. The maximum absolute atomic E-state index is 13.6. The van der Waals surface area contributed by atoms with Gasteiger partial charge in [-0.15, -0.1) is 11.8 Å². The van der Waals surface area contributed by atoms with E-state index in [1.165, 1.54) is 30.0 Å². The Hall–Kier alpha value is -1.10. The molecule has 0 spiro atoms. The first-order valence-electron chi connectivity index (χ1n) is 6.05. The van der Waals surface area contributed by atoms with E-state index in [2.05, 4.69) is 0 Å². The number of thioether (sulfide) groups is 1. The molecule has 1 unspecified atom stereocenters. The van der Waals surface area contributed by atoms with Gasteiger partial charge in [-0.3, -0.25) is 0 Å². The summed E-state index contributed by atoms with van der Waals surface area (Å²) in [4.78, 5) is 0.863. The second-order valence-electron chi connectivity index (χ2n) is 4.36. The minimum Gasteiger partial charge on any atom is -0.392 e. The highest BCUT2D eigenvalue weighted by Gasteiger charge is 2.10. The molecule has 2 rings (SSSR count). The van der Waals surface area contributed by atoms with Gasteiger partial charge in [0, 0.05) is 22.1 Å². The third kappa shape index (κ3) is 4.47. The van der Waals surface area contributed by atoms with Crippen molar-refractivity contribution in [3.05, 3.63) is 64.7 Å². The van der Waals surface area contributed by atoms with Crippen molar-refractivity contribution in [1.29, 1.82) is 0 Å². The molecule has 0 fully saturated rings. The Kier molecular flexibility index (Phi) is 5.40. The zero-order valence-corrected chi connectivity index (χ0v) is 12.1. The van der Waals surface area contributed by atoms with E-state index in [1.807, 2.05) is 0 Å². The van der Waals surface area contributed by atoms with E-state index < -0.39 is 11.9 Å². The summed E-state index contributed by atoms with van der Waals surface area (Å²) in [5.41, 5.74) is 0.432. The predicted octanol–water partition coefficient (Wildman–Crippen LogP) is 4.31. The predicted molar refractivity (Wildman–Crippen MR) is 78.2 cm³/mol. The molecule has 0 aliphatic carbocycles. The van der Waals surface area contributed by atoms with Gasteiger partial charge >= 0.3 is 0 Å². The minimum atomic E-state index is -0.680. The Bertz CT molecular complexity index is 575. The van der Waals surface area contributed by atoms with Crippen LogP contribution >= 0.6 is 23.4 Å². The molecule has 2 aromatic rings. The highest BCUT2D eigenvalue weighted by Crippen LogP contribution is 2.21. The maximum atomic E-state index is 13.6. The van der Waals surface area contributed by atoms with E-state index in [-0.39, 0.29) is 12.2 Å². The van der Waals surface area contributed by atoms with Crippen LogP contribution in [0.1, 0.15) is 5.56 Å². The second-order valence-corrected chi connectivity index (χ2v) is 5.89. The van der Waals surface area contributed by atoms with Crippen molar-refractivity contribution in [2.24, 2.45) is 0 Å². The standard InChI is InChI=1S/C15H13ClF2OS/c16-11-2-1-10(15(18)8-11)7-13(19)9-20-14-5-3-12(17)4-6-14/h1-6,8,13,19H,7,9H2. The zero-order chi connectivity index (χ0) is 14.5. The van der Waals surface area contributed by atoms with Crippen LogP contribution in [0.3, 0.4) is 0 Å². The summed E-state index contributed by atoms with van der Waals surface area (Å²) in [6.45, 7) is 0. The topological polar surface area (TPSA) is 20.2 Å². The molecule has 0 saturated heterocycles. The molecule has 2 aromatic carbocycles. The van der Waals surface area contributed by atoms with Gasteiger partial charge in [0.25, 0.3) is 0 Å². The molecule has 20 heavy (non-hydrogen) atoms. The minimum absolute atomic E-state index is 0.219. The molecule has 1 N–H and O–H groups in total. The van der Waals surface area contributed by atoms with Crippen molar-refractivity contribution in [1.82, 2.24) is 0 Å². The lowest BCUT2D eigenvalue weighted by Crippen LogP contribution is -2.14. The summed E-state index contributed by atoms with van der Waals surface area (Å²) in [5.74, 6) is -0.297. The van der Waals surface area contributed by atoms with E-state index in [9.17, 15) is 13.9 Å². The SMILES string of the molecule is OC(CSc1ccc(F)cc1)Cc1ccc(Cl)cc1F. The quantitative estimate of drug-likeness (QED) is 0.830. The molecule has 0 bridgehead atoms.